The molecule has 180 valence electrons. The second kappa shape index (κ2) is 9.49. The summed E-state index contributed by atoms with van der Waals surface area (Å²) in [5, 5.41) is 3.12. The van der Waals surface area contributed by atoms with Crippen molar-refractivity contribution >= 4 is 43.1 Å². The van der Waals surface area contributed by atoms with Crippen molar-refractivity contribution in [1.82, 2.24) is 15.0 Å². The monoisotopic (exact) mass is 525 g/mol. The molecular formula is C33H20ClN3S. The highest BCUT2D eigenvalue weighted by Gasteiger charge is 2.16. The number of halogens is 1. The van der Waals surface area contributed by atoms with E-state index in [0.717, 1.165) is 32.8 Å². The van der Waals surface area contributed by atoms with Crippen LogP contribution in [0.15, 0.2) is 121 Å². The zero-order valence-corrected chi connectivity index (χ0v) is 21.7. The van der Waals surface area contributed by atoms with Gasteiger partial charge >= 0.3 is 0 Å². The van der Waals surface area contributed by atoms with Crippen LogP contribution in [0, 0.1) is 0 Å². The van der Waals surface area contributed by atoms with Crippen LogP contribution in [-0.4, -0.2) is 15.0 Å². The number of fused-ring (bicyclic) bond motifs is 3. The first-order chi connectivity index (χ1) is 18.7. The highest BCUT2D eigenvalue weighted by Crippen LogP contribution is 2.39. The third-order valence-electron chi connectivity index (χ3n) is 6.61. The van der Waals surface area contributed by atoms with Crippen LogP contribution in [0.5, 0.6) is 0 Å². The van der Waals surface area contributed by atoms with E-state index in [9.17, 15) is 0 Å². The van der Waals surface area contributed by atoms with Crippen molar-refractivity contribution in [3.8, 4) is 45.3 Å². The lowest BCUT2D eigenvalue weighted by Gasteiger charge is -2.10. The largest absolute Gasteiger partial charge is 0.208 e. The number of nitrogens with zero attached hydrogens (tertiary/aromatic N) is 3. The maximum absolute atomic E-state index is 6.22. The van der Waals surface area contributed by atoms with E-state index in [4.69, 9.17) is 26.6 Å². The third kappa shape index (κ3) is 4.14. The van der Waals surface area contributed by atoms with Gasteiger partial charge in [-0.15, -0.1) is 11.3 Å². The molecule has 2 aromatic heterocycles. The van der Waals surface area contributed by atoms with Gasteiger partial charge < -0.3 is 0 Å². The standard InChI is InChI=1S/C33H20ClN3S/c34-25-11-6-10-24(20-25)21-16-18-23(19-17-21)32-35-31(22-8-2-1-3-9-22)36-33(37-32)27-13-7-15-29-30(27)26-12-4-5-14-28(26)38-29/h1-20H. The van der Waals surface area contributed by atoms with Crippen molar-refractivity contribution in [3.63, 3.8) is 0 Å². The number of benzene rings is 5. The second-order valence-corrected chi connectivity index (χ2v) is 10.6. The smallest absolute Gasteiger partial charge is 0.164 e. The number of hydrogen-bond donors (Lipinski definition) is 0. The van der Waals surface area contributed by atoms with Crippen LogP contribution in [0.2, 0.25) is 5.02 Å². The molecule has 0 unspecified atom stereocenters. The van der Waals surface area contributed by atoms with Crippen molar-refractivity contribution in [3.05, 3.63) is 126 Å². The van der Waals surface area contributed by atoms with E-state index in [1.165, 1.54) is 20.2 Å². The maximum atomic E-state index is 6.22. The highest BCUT2D eigenvalue weighted by molar-refractivity contribution is 7.25. The lowest BCUT2D eigenvalue weighted by molar-refractivity contribution is 1.08. The van der Waals surface area contributed by atoms with Gasteiger partial charge in [-0.2, -0.15) is 0 Å². The molecule has 0 spiro atoms. The zero-order chi connectivity index (χ0) is 25.5. The van der Waals surface area contributed by atoms with Gasteiger partial charge in [-0.25, -0.2) is 15.0 Å². The summed E-state index contributed by atoms with van der Waals surface area (Å²) in [5.74, 6) is 1.96. The van der Waals surface area contributed by atoms with Gasteiger partial charge in [0.1, 0.15) is 0 Å². The maximum Gasteiger partial charge on any atom is 0.164 e. The van der Waals surface area contributed by atoms with Crippen LogP contribution in [0.25, 0.3) is 65.5 Å². The lowest BCUT2D eigenvalue weighted by Crippen LogP contribution is -2.00. The minimum Gasteiger partial charge on any atom is -0.208 e. The Morgan fingerprint density at radius 3 is 1.87 bits per heavy atom. The number of hydrogen-bond acceptors (Lipinski definition) is 4. The second-order valence-electron chi connectivity index (χ2n) is 9.04. The first-order valence-electron chi connectivity index (χ1n) is 12.3. The van der Waals surface area contributed by atoms with Crippen LogP contribution < -0.4 is 0 Å². The molecule has 7 aromatic rings. The number of aromatic nitrogens is 3. The van der Waals surface area contributed by atoms with E-state index in [0.29, 0.717) is 17.5 Å². The molecule has 0 atom stereocenters. The average molecular weight is 526 g/mol. The Bertz CT molecular complexity index is 1930. The van der Waals surface area contributed by atoms with Crippen LogP contribution >= 0.6 is 22.9 Å². The lowest BCUT2D eigenvalue weighted by atomic mass is 10.0. The molecule has 5 heteroatoms. The van der Waals surface area contributed by atoms with Crippen molar-refractivity contribution in [1.29, 1.82) is 0 Å². The Kier molecular flexibility index (Phi) is 5.69. The minimum atomic E-state index is 0.642. The zero-order valence-electron chi connectivity index (χ0n) is 20.2. The van der Waals surface area contributed by atoms with Crippen molar-refractivity contribution in [2.24, 2.45) is 0 Å². The fourth-order valence-corrected chi connectivity index (χ4v) is 6.11. The fourth-order valence-electron chi connectivity index (χ4n) is 4.78. The third-order valence-corrected chi connectivity index (χ3v) is 7.98. The predicted octanol–water partition coefficient (Wildman–Crippen LogP) is 9.56. The summed E-state index contributed by atoms with van der Waals surface area (Å²) in [6.07, 6.45) is 0. The van der Waals surface area contributed by atoms with Gasteiger partial charge in [-0.3, -0.25) is 0 Å². The summed E-state index contributed by atoms with van der Waals surface area (Å²) in [4.78, 5) is 14.9. The van der Waals surface area contributed by atoms with Crippen molar-refractivity contribution in [2.75, 3.05) is 0 Å². The van der Waals surface area contributed by atoms with Gasteiger partial charge in [0, 0.05) is 41.9 Å². The molecule has 0 aliphatic carbocycles. The van der Waals surface area contributed by atoms with Gasteiger partial charge in [0.25, 0.3) is 0 Å². The Morgan fingerprint density at radius 2 is 1.08 bits per heavy atom. The first kappa shape index (κ1) is 22.8. The molecule has 0 amide bonds. The topological polar surface area (TPSA) is 38.7 Å². The van der Waals surface area contributed by atoms with Crippen molar-refractivity contribution < 1.29 is 0 Å². The molecule has 7 rings (SSSR count). The molecule has 2 heterocycles. The number of thiophene rings is 1. The van der Waals surface area contributed by atoms with Crippen LogP contribution in [0.1, 0.15) is 0 Å². The molecular weight excluding hydrogens is 506 g/mol. The summed E-state index contributed by atoms with van der Waals surface area (Å²) >= 11 is 8.01. The Labute approximate surface area is 229 Å². The molecule has 0 N–H and O–H groups in total. The van der Waals surface area contributed by atoms with E-state index in [-0.39, 0.29) is 0 Å². The molecule has 0 saturated carbocycles. The van der Waals surface area contributed by atoms with E-state index in [2.05, 4.69) is 72.8 Å². The van der Waals surface area contributed by atoms with Gasteiger partial charge in [0.2, 0.25) is 0 Å². The molecule has 0 saturated heterocycles. The normalized spacial score (nSPS) is 11.3. The Hall–Kier alpha value is -4.38. The summed E-state index contributed by atoms with van der Waals surface area (Å²) in [6, 6.07) is 41.1. The highest BCUT2D eigenvalue weighted by atomic mass is 35.5. The van der Waals surface area contributed by atoms with E-state index >= 15 is 0 Å². The quantitative estimate of drug-likeness (QED) is 0.229. The molecule has 0 radical (unpaired) electrons. The van der Waals surface area contributed by atoms with E-state index < -0.39 is 0 Å². The van der Waals surface area contributed by atoms with Crippen LogP contribution in [0.4, 0.5) is 0 Å². The van der Waals surface area contributed by atoms with Gasteiger partial charge in [-0.05, 0) is 35.4 Å². The number of rotatable bonds is 4. The van der Waals surface area contributed by atoms with E-state index in [1.54, 1.807) is 11.3 Å². The van der Waals surface area contributed by atoms with E-state index in [1.807, 2.05) is 48.5 Å². The molecule has 0 aliphatic rings. The Balaban J connectivity index is 1.41. The summed E-state index contributed by atoms with van der Waals surface area (Å²) in [6.45, 7) is 0. The van der Waals surface area contributed by atoms with Gasteiger partial charge in [-0.1, -0.05) is 109 Å². The molecule has 0 bridgehead atoms. The average Bonchev–Trinajstić information content (AvgIpc) is 3.36. The first-order valence-corrected chi connectivity index (χ1v) is 13.5. The van der Waals surface area contributed by atoms with Gasteiger partial charge in [0.15, 0.2) is 17.5 Å². The molecule has 0 aliphatic heterocycles. The molecule has 5 aromatic carbocycles. The molecule has 38 heavy (non-hydrogen) atoms. The SMILES string of the molecule is Clc1cccc(-c2ccc(-c3nc(-c4ccccc4)nc(-c4cccc5sc6ccccc6c45)n3)cc2)c1. The Morgan fingerprint density at radius 1 is 0.474 bits per heavy atom. The summed E-state index contributed by atoms with van der Waals surface area (Å²) in [7, 11) is 0. The van der Waals surface area contributed by atoms with Crippen LogP contribution in [0.3, 0.4) is 0 Å². The summed E-state index contributed by atoms with van der Waals surface area (Å²) < 4.78 is 2.47. The minimum absolute atomic E-state index is 0.642. The predicted molar refractivity (Wildman–Crippen MR) is 159 cm³/mol. The van der Waals surface area contributed by atoms with Gasteiger partial charge in [0.05, 0.1) is 0 Å². The molecule has 0 fully saturated rings. The van der Waals surface area contributed by atoms with Crippen LogP contribution in [-0.2, 0) is 0 Å². The summed E-state index contributed by atoms with van der Waals surface area (Å²) in [5.41, 5.74) is 5.05. The fraction of sp³-hybridized carbons (Fsp3) is 0. The van der Waals surface area contributed by atoms with Crippen molar-refractivity contribution in [2.45, 2.75) is 0 Å². The molecule has 3 nitrogen and oxygen atoms in total.